The van der Waals surface area contributed by atoms with E-state index in [4.69, 9.17) is 4.74 Å². The Morgan fingerprint density at radius 2 is 2.13 bits per heavy atom. The molecule has 1 heterocycles. The average Bonchev–Trinajstić information content (AvgIpc) is 2.20. The average molecular weight is 212 g/mol. The standard InChI is InChI=1S/C11H20N2O2/c1-9(2)13-6-5-12(7-8-15-4)11(14)10(13)3/h9H,3,5-8H2,1-2,4H3. The Kier molecular flexibility index (Phi) is 4.15. The Hall–Kier alpha value is -1.03. The summed E-state index contributed by atoms with van der Waals surface area (Å²) in [4.78, 5) is 15.7. The van der Waals surface area contributed by atoms with Crippen molar-refractivity contribution in [2.45, 2.75) is 19.9 Å². The monoisotopic (exact) mass is 212 g/mol. The van der Waals surface area contributed by atoms with Crippen molar-refractivity contribution in [2.24, 2.45) is 0 Å². The lowest BCUT2D eigenvalue weighted by Gasteiger charge is -2.39. The molecular formula is C11H20N2O2. The summed E-state index contributed by atoms with van der Waals surface area (Å²) in [5, 5.41) is 0. The minimum Gasteiger partial charge on any atom is -0.383 e. The van der Waals surface area contributed by atoms with Crippen LogP contribution in [0.5, 0.6) is 0 Å². The van der Waals surface area contributed by atoms with Gasteiger partial charge in [0.15, 0.2) is 0 Å². The first-order chi connectivity index (χ1) is 7.07. The fraction of sp³-hybridized carbons (Fsp3) is 0.727. The van der Waals surface area contributed by atoms with Crippen LogP contribution < -0.4 is 0 Å². The maximum absolute atomic E-state index is 11.9. The number of piperazine rings is 1. The molecule has 0 aromatic heterocycles. The maximum atomic E-state index is 11.9. The van der Waals surface area contributed by atoms with Crippen LogP contribution in [0.25, 0.3) is 0 Å². The van der Waals surface area contributed by atoms with Gasteiger partial charge in [0.25, 0.3) is 5.91 Å². The number of carbonyl (C=O) groups is 1. The van der Waals surface area contributed by atoms with Crippen LogP contribution >= 0.6 is 0 Å². The Bertz CT molecular complexity index is 251. The third kappa shape index (κ3) is 2.72. The van der Waals surface area contributed by atoms with Crippen molar-refractivity contribution < 1.29 is 9.53 Å². The molecule has 0 bridgehead atoms. The summed E-state index contributed by atoms with van der Waals surface area (Å²) in [5.41, 5.74) is 0.604. The number of ether oxygens (including phenoxy) is 1. The van der Waals surface area contributed by atoms with Crippen molar-refractivity contribution in [3.63, 3.8) is 0 Å². The zero-order valence-electron chi connectivity index (χ0n) is 9.82. The second-order valence-electron chi connectivity index (χ2n) is 4.02. The van der Waals surface area contributed by atoms with E-state index in [2.05, 4.69) is 20.4 Å². The third-order valence-electron chi connectivity index (χ3n) is 2.68. The summed E-state index contributed by atoms with van der Waals surface area (Å²) in [6, 6.07) is 0.339. The van der Waals surface area contributed by atoms with Gasteiger partial charge in [0.2, 0.25) is 0 Å². The molecule has 86 valence electrons. The largest absolute Gasteiger partial charge is 0.383 e. The molecule has 1 aliphatic heterocycles. The minimum absolute atomic E-state index is 0.0343. The van der Waals surface area contributed by atoms with Crippen molar-refractivity contribution in [1.82, 2.24) is 9.80 Å². The molecule has 1 aliphatic rings. The second kappa shape index (κ2) is 5.16. The SMILES string of the molecule is C=C1C(=O)N(CCOC)CCN1C(C)C. The normalized spacial score (nSPS) is 17.9. The van der Waals surface area contributed by atoms with Crippen LogP contribution in [0.2, 0.25) is 0 Å². The highest BCUT2D eigenvalue weighted by atomic mass is 16.5. The minimum atomic E-state index is 0.0343. The molecule has 0 atom stereocenters. The van der Waals surface area contributed by atoms with Crippen LogP contribution in [0.1, 0.15) is 13.8 Å². The fourth-order valence-corrected chi connectivity index (χ4v) is 1.76. The third-order valence-corrected chi connectivity index (χ3v) is 2.68. The first kappa shape index (κ1) is 12.0. The molecule has 0 N–H and O–H groups in total. The van der Waals surface area contributed by atoms with Crippen molar-refractivity contribution in [2.75, 3.05) is 33.4 Å². The quantitative estimate of drug-likeness (QED) is 0.643. The molecule has 0 spiro atoms. The summed E-state index contributed by atoms with van der Waals surface area (Å²) >= 11 is 0. The molecule has 1 rings (SSSR count). The van der Waals surface area contributed by atoms with Gasteiger partial charge in [0, 0.05) is 32.8 Å². The lowest BCUT2D eigenvalue weighted by molar-refractivity contribution is -0.132. The number of carbonyl (C=O) groups excluding carboxylic acids is 1. The van der Waals surface area contributed by atoms with E-state index < -0.39 is 0 Å². The smallest absolute Gasteiger partial charge is 0.269 e. The van der Waals surface area contributed by atoms with Gasteiger partial charge in [0.05, 0.1) is 12.3 Å². The predicted molar refractivity (Wildman–Crippen MR) is 59.4 cm³/mol. The Morgan fingerprint density at radius 1 is 1.47 bits per heavy atom. The van der Waals surface area contributed by atoms with E-state index in [9.17, 15) is 4.79 Å². The summed E-state index contributed by atoms with van der Waals surface area (Å²) < 4.78 is 4.97. The summed E-state index contributed by atoms with van der Waals surface area (Å²) in [6.07, 6.45) is 0. The Morgan fingerprint density at radius 3 is 2.67 bits per heavy atom. The van der Waals surface area contributed by atoms with Crippen LogP contribution in [0, 0.1) is 0 Å². The Balaban J connectivity index is 2.57. The molecule has 1 amide bonds. The zero-order valence-corrected chi connectivity index (χ0v) is 9.82. The second-order valence-corrected chi connectivity index (χ2v) is 4.02. The van der Waals surface area contributed by atoms with Crippen LogP contribution in [0.3, 0.4) is 0 Å². The van der Waals surface area contributed by atoms with Crippen molar-refractivity contribution in [1.29, 1.82) is 0 Å². The molecule has 0 saturated carbocycles. The van der Waals surface area contributed by atoms with Crippen LogP contribution in [0.15, 0.2) is 12.3 Å². The zero-order chi connectivity index (χ0) is 11.4. The van der Waals surface area contributed by atoms with E-state index in [-0.39, 0.29) is 5.91 Å². The topological polar surface area (TPSA) is 32.8 Å². The molecule has 0 unspecified atom stereocenters. The number of hydrogen-bond donors (Lipinski definition) is 0. The van der Waals surface area contributed by atoms with Crippen molar-refractivity contribution >= 4 is 5.91 Å². The lowest BCUT2D eigenvalue weighted by Crippen LogP contribution is -2.51. The van der Waals surface area contributed by atoms with E-state index in [1.807, 2.05) is 4.90 Å². The van der Waals surface area contributed by atoms with Crippen molar-refractivity contribution in [3.8, 4) is 0 Å². The van der Waals surface area contributed by atoms with Gasteiger partial charge in [-0.1, -0.05) is 6.58 Å². The first-order valence-corrected chi connectivity index (χ1v) is 5.31. The molecule has 0 aromatic carbocycles. The molecule has 4 heteroatoms. The molecule has 0 aromatic rings. The summed E-state index contributed by atoms with van der Waals surface area (Å²) in [7, 11) is 1.64. The molecule has 1 fully saturated rings. The number of hydrogen-bond acceptors (Lipinski definition) is 3. The number of rotatable bonds is 4. The van der Waals surface area contributed by atoms with Gasteiger partial charge in [-0.2, -0.15) is 0 Å². The molecule has 0 radical (unpaired) electrons. The highest BCUT2D eigenvalue weighted by Gasteiger charge is 2.28. The summed E-state index contributed by atoms with van der Waals surface area (Å²) in [6.45, 7) is 10.9. The highest BCUT2D eigenvalue weighted by molar-refractivity contribution is 5.93. The van der Waals surface area contributed by atoms with Crippen LogP contribution in [-0.4, -0.2) is 55.1 Å². The predicted octanol–water partition coefficient (Wildman–Crippen LogP) is 0.699. The first-order valence-electron chi connectivity index (χ1n) is 5.31. The molecule has 4 nitrogen and oxygen atoms in total. The number of nitrogens with zero attached hydrogens (tertiary/aromatic N) is 2. The van der Waals surface area contributed by atoms with Gasteiger partial charge in [0.1, 0.15) is 0 Å². The van der Waals surface area contributed by atoms with E-state index in [0.29, 0.717) is 24.9 Å². The number of amides is 1. The fourth-order valence-electron chi connectivity index (χ4n) is 1.76. The van der Waals surface area contributed by atoms with E-state index in [1.165, 1.54) is 0 Å². The van der Waals surface area contributed by atoms with Gasteiger partial charge in [-0.15, -0.1) is 0 Å². The molecular weight excluding hydrogens is 192 g/mol. The van der Waals surface area contributed by atoms with Gasteiger partial charge in [-0.3, -0.25) is 4.79 Å². The van der Waals surface area contributed by atoms with Gasteiger partial charge in [-0.05, 0) is 13.8 Å². The van der Waals surface area contributed by atoms with Gasteiger partial charge < -0.3 is 14.5 Å². The van der Waals surface area contributed by atoms with Gasteiger partial charge >= 0.3 is 0 Å². The van der Waals surface area contributed by atoms with E-state index >= 15 is 0 Å². The van der Waals surface area contributed by atoms with Gasteiger partial charge in [-0.25, -0.2) is 0 Å². The van der Waals surface area contributed by atoms with E-state index in [1.54, 1.807) is 12.0 Å². The molecule has 1 saturated heterocycles. The lowest BCUT2D eigenvalue weighted by atomic mass is 10.2. The molecule has 15 heavy (non-hydrogen) atoms. The van der Waals surface area contributed by atoms with Crippen molar-refractivity contribution in [3.05, 3.63) is 12.3 Å². The van der Waals surface area contributed by atoms with Crippen LogP contribution in [-0.2, 0) is 9.53 Å². The number of methoxy groups -OCH3 is 1. The maximum Gasteiger partial charge on any atom is 0.269 e. The summed E-state index contributed by atoms with van der Waals surface area (Å²) in [5.74, 6) is 0.0343. The highest BCUT2D eigenvalue weighted by Crippen LogP contribution is 2.15. The van der Waals surface area contributed by atoms with E-state index in [0.717, 1.165) is 13.1 Å². The van der Waals surface area contributed by atoms with Crippen LogP contribution in [0.4, 0.5) is 0 Å². The molecule has 0 aliphatic carbocycles. The Labute approximate surface area is 91.5 Å².